The van der Waals surface area contributed by atoms with Gasteiger partial charge in [-0.15, -0.1) is 0 Å². The molecule has 1 heterocycles. The van der Waals surface area contributed by atoms with Crippen molar-refractivity contribution in [3.05, 3.63) is 77.4 Å². The molecule has 3 aromatic carbocycles. The van der Waals surface area contributed by atoms with Gasteiger partial charge in [0.1, 0.15) is 0 Å². The molecule has 4 aromatic rings. The Labute approximate surface area is 190 Å². The molecule has 1 aromatic heterocycles. The zero-order valence-corrected chi connectivity index (χ0v) is 19.8. The molecule has 0 saturated carbocycles. The fourth-order valence-corrected chi connectivity index (χ4v) is 4.62. The third kappa shape index (κ3) is 4.22. The van der Waals surface area contributed by atoms with Crippen LogP contribution in [-0.4, -0.2) is 22.0 Å². The smallest absolute Gasteiger partial charge is 0.322 e. The molecule has 4 rings (SSSR count). The van der Waals surface area contributed by atoms with Crippen molar-refractivity contribution in [3.8, 4) is 0 Å². The van der Waals surface area contributed by atoms with Gasteiger partial charge in [0.2, 0.25) is 0 Å². The number of nitrogens with zero attached hydrogens (tertiary/aromatic N) is 2. The van der Waals surface area contributed by atoms with Crippen molar-refractivity contribution in [3.63, 3.8) is 0 Å². The van der Waals surface area contributed by atoms with E-state index in [9.17, 15) is 4.79 Å². The Morgan fingerprint density at radius 3 is 2.31 bits per heavy atom. The van der Waals surface area contributed by atoms with Crippen LogP contribution in [0.15, 0.2) is 60.7 Å². The van der Waals surface area contributed by atoms with Crippen LogP contribution in [0.5, 0.6) is 0 Å². The molecule has 32 heavy (non-hydrogen) atoms. The number of aromatic nitrogens is 1. The van der Waals surface area contributed by atoms with Gasteiger partial charge in [0.15, 0.2) is 0 Å². The van der Waals surface area contributed by atoms with Gasteiger partial charge in [-0.05, 0) is 61.6 Å². The molecule has 0 radical (unpaired) electrons. The molecular weight excluding hydrogens is 394 g/mol. The van der Waals surface area contributed by atoms with Gasteiger partial charge in [-0.2, -0.15) is 0 Å². The second-order valence-electron chi connectivity index (χ2n) is 9.08. The number of hydrogen-bond acceptors (Lipinski definition) is 1. The number of nitrogens with one attached hydrogen (secondary N) is 1. The van der Waals surface area contributed by atoms with Crippen LogP contribution >= 0.6 is 0 Å². The van der Waals surface area contributed by atoms with Crippen LogP contribution in [0.4, 0.5) is 10.5 Å². The molecule has 0 aliphatic rings. The fourth-order valence-electron chi connectivity index (χ4n) is 4.62. The maximum atomic E-state index is 13.3. The van der Waals surface area contributed by atoms with E-state index in [-0.39, 0.29) is 6.03 Å². The highest BCUT2D eigenvalue weighted by Gasteiger charge is 2.18. The predicted octanol–water partition coefficient (Wildman–Crippen LogP) is 7.12. The molecule has 0 bridgehead atoms. The largest absolute Gasteiger partial charge is 0.341 e. The first-order chi connectivity index (χ1) is 15.4. The Morgan fingerprint density at radius 2 is 1.62 bits per heavy atom. The maximum absolute atomic E-state index is 13.3. The van der Waals surface area contributed by atoms with E-state index in [1.165, 1.54) is 21.8 Å². The first-order valence-corrected chi connectivity index (χ1v) is 11.5. The minimum atomic E-state index is -0.0489. The molecule has 0 atom stereocenters. The van der Waals surface area contributed by atoms with Gasteiger partial charge in [0, 0.05) is 47.1 Å². The number of benzene rings is 3. The van der Waals surface area contributed by atoms with Crippen molar-refractivity contribution in [2.24, 2.45) is 5.92 Å². The summed E-state index contributed by atoms with van der Waals surface area (Å²) >= 11 is 0. The average molecular weight is 428 g/mol. The van der Waals surface area contributed by atoms with Gasteiger partial charge in [-0.25, -0.2) is 4.79 Å². The normalized spacial score (nSPS) is 11.4. The van der Waals surface area contributed by atoms with Crippen LogP contribution in [0.3, 0.4) is 0 Å². The number of anilines is 1. The molecule has 0 saturated heterocycles. The number of para-hydroxylation sites is 2. The van der Waals surface area contributed by atoms with Gasteiger partial charge in [-0.1, -0.05) is 56.3 Å². The van der Waals surface area contributed by atoms with E-state index in [0.29, 0.717) is 19.0 Å². The molecule has 1 N–H and O–H groups in total. The Hall–Kier alpha value is -3.27. The highest BCUT2D eigenvalue weighted by molar-refractivity contribution is 6.08. The van der Waals surface area contributed by atoms with Gasteiger partial charge in [0.05, 0.1) is 0 Å². The number of carbonyl (C=O) groups excluding carboxylic acids is 1. The molecule has 0 aliphatic carbocycles. The third-order valence-electron chi connectivity index (χ3n) is 6.11. The Balaban J connectivity index is 1.67. The van der Waals surface area contributed by atoms with Crippen LogP contribution in [0, 0.1) is 19.8 Å². The molecule has 2 amide bonds. The number of aryl methyl sites for hydroxylation is 3. The molecule has 166 valence electrons. The van der Waals surface area contributed by atoms with Gasteiger partial charge in [0.25, 0.3) is 0 Å². The lowest BCUT2D eigenvalue weighted by molar-refractivity contribution is 0.201. The van der Waals surface area contributed by atoms with Crippen LogP contribution < -0.4 is 5.32 Å². The van der Waals surface area contributed by atoms with Crippen LogP contribution in [0.1, 0.15) is 37.5 Å². The number of rotatable bonds is 6. The molecule has 0 fully saturated rings. The van der Waals surface area contributed by atoms with Crippen molar-refractivity contribution in [1.82, 2.24) is 9.47 Å². The molecule has 4 heteroatoms. The van der Waals surface area contributed by atoms with E-state index in [2.05, 4.69) is 73.1 Å². The Kier molecular flexibility index (Phi) is 6.22. The van der Waals surface area contributed by atoms with Crippen molar-refractivity contribution in [1.29, 1.82) is 0 Å². The second kappa shape index (κ2) is 9.07. The van der Waals surface area contributed by atoms with E-state index in [4.69, 9.17) is 0 Å². The SMILES string of the molecule is CCn1c2ccccc2c2cc(CN(CC(C)C)C(=O)Nc3c(C)cccc3C)ccc21. The van der Waals surface area contributed by atoms with E-state index in [1.54, 1.807) is 0 Å². The number of amides is 2. The Bertz CT molecular complexity index is 1250. The van der Waals surface area contributed by atoms with Crippen molar-refractivity contribution < 1.29 is 4.79 Å². The maximum Gasteiger partial charge on any atom is 0.322 e. The standard InChI is InChI=1S/C28H33N3O/c1-6-31-25-13-8-7-12-23(25)24-16-22(14-15-26(24)31)18-30(17-19(2)3)28(32)29-27-20(4)10-9-11-21(27)5/h7-16,19H,6,17-18H2,1-5H3,(H,29,32). The first-order valence-electron chi connectivity index (χ1n) is 11.5. The van der Waals surface area contributed by atoms with Gasteiger partial charge >= 0.3 is 6.03 Å². The summed E-state index contributed by atoms with van der Waals surface area (Å²) in [4.78, 5) is 15.2. The number of hydrogen-bond donors (Lipinski definition) is 1. The molecule has 4 nitrogen and oxygen atoms in total. The highest BCUT2D eigenvalue weighted by Crippen LogP contribution is 2.30. The zero-order chi connectivity index (χ0) is 22.8. The second-order valence-corrected chi connectivity index (χ2v) is 9.08. The van der Waals surface area contributed by atoms with E-state index >= 15 is 0 Å². The number of urea groups is 1. The summed E-state index contributed by atoms with van der Waals surface area (Å²) in [5.41, 5.74) is 6.72. The summed E-state index contributed by atoms with van der Waals surface area (Å²) in [6.45, 7) is 12.8. The summed E-state index contributed by atoms with van der Waals surface area (Å²) in [5.74, 6) is 0.379. The van der Waals surface area contributed by atoms with Crippen molar-refractivity contribution >= 4 is 33.5 Å². The third-order valence-corrected chi connectivity index (χ3v) is 6.11. The summed E-state index contributed by atoms with van der Waals surface area (Å²) < 4.78 is 2.36. The quantitative estimate of drug-likeness (QED) is 0.349. The van der Waals surface area contributed by atoms with Crippen LogP contribution in [-0.2, 0) is 13.1 Å². The van der Waals surface area contributed by atoms with E-state index in [1.807, 2.05) is 36.9 Å². The summed E-state index contributed by atoms with van der Waals surface area (Å²) in [6.07, 6.45) is 0. The fraction of sp³-hybridized carbons (Fsp3) is 0.321. The highest BCUT2D eigenvalue weighted by atomic mass is 16.2. The average Bonchev–Trinajstić information content (AvgIpc) is 3.08. The van der Waals surface area contributed by atoms with E-state index in [0.717, 1.165) is 28.9 Å². The minimum absolute atomic E-state index is 0.0489. The lowest BCUT2D eigenvalue weighted by atomic mass is 10.1. The first kappa shape index (κ1) is 21.9. The summed E-state index contributed by atoms with van der Waals surface area (Å²) in [7, 11) is 0. The van der Waals surface area contributed by atoms with Crippen LogP contribution in [0.2, 0.25) is 0 Å². The molecule has 0 unspecified atom stereocenters. The number of fused-ring (bicyclic) bond motifs is 3. The van der Waals surface area contributed by atoms with Crippen molar-refractivity contribution in [2.75, 3.05) is 11.9 Å². The molecular formula is C28H33N3O. The summed E-state index contributed by atoms with van der Waals surface area (Å²) in [6, 6.07) is 21.2. The molecule has 0 spiro atoms. The monoisotopic (exact) mass is 427 g/mol. The zero-order valence-electron chi connectivity index (χ0n) is 19.8. The summed E-state index contributed by atoms with van der Waals surface area (Å²) in [5, 5.41) is 5.68. The van der Waals surface area contributed by atoms with Gasteiger partial charge < -0.3 is 14.8 Å². The van der Waals surface area contributed by atoms with Crippen molar-refractivity contribution in [2.45, 2.75) is 47.7 Å². The minimum Gasteiger partial charge on any atom is -0.341 e. The number of carbonyl (C=O) groups is 1. The topological polar surface area (TPSA) is 37.3 Å². The predicted molar refractivity (Wildman–Crippen MR) is 135 cm³/mol. The van der Waals surface area contributed by atoms with Gasteiger partial charge in [-0.3, -0.25) is 0 Å². The lowest BCUT2D eigenvalue weighted by Gasteiger charge is -2.26. The lowest BCUT2D eigenvalue weighted by Crippen LogP contribution is -2.37. The molecule has 0 aliphatic heterocycles. The van der Waals surface area contributed by atoms with Crippen LogP contribution in [0.25, 0.3) is 21.8 Å². The van der Waals surface area contributed by atoms with E-state index < -0.39 is 0 Å². The Morgan fingerprint density at radius 1 is 0.938 bits per heavy atom.